The van der Waals surface area contributed by atoms with Gasteiger partial charge in [-0.2, -0.15) is 0 Å². The van der Waals surface area contributed by atoms with Crippen LogP contribution in [0, 0.1) is 0 Å². The molecule has 94 valence electrons. The van der Waals surface area contributed by atoms with E-state index in [1.54, 1.807) is 12.1 Å². The van der Waals surface area contributed by atoms with Gasteiger partial charge in [0, 0.05) is 25.8 Å². The average molecular weight is 238 g/mol. The Morgan fingerprint density at radius 1 is 1.41 bits per heavy atom. The fraction of sp³-hybridized carbons (Fsp3) is 0.417. The van der Waals surface area contributed by atoms with Gasteiger partial charge in [0.2, 0.25) is 0 Å². The number of nitrogens with two attached hydrogens (primary N) is 1. The second-order valence-electron chi connectivity index (χ2n) is 3.91. The van der Waals surface area contributed by atoms with Gasteiger partial charge in [0.15, 0.2) is 0 Å². The van der Waals surface area contributed by atoms with Crippen molar-refractivity contribution in [2.45, 2.75) is 12.5 Å². The van der Waals surface area contributed by atoms with Gasteiger partial charge in [-0.15, -0.1) is 0 Å². The molecule has 0 radical (unpaired) electrons. The molecule has 0 bridgehead atoms. The van der Waals surface area contributed by atoms with Crippen molar-refractivity contribution in [2.24, 2.45) is 5.73 Å². The van der Waals surface area contributed by atoms with Crippen LogP contribution in [-0.2, 0) is 4.79 Å². The Kier molecular flexibility index (Phi) is 4.93. The lowest BCUT2D eigenvalue weighted by molar-refractivity contribution is -0.136. The molecule has 4 N–H and O–H groups in total. The molecule has 1 unspecified atom stereocenters. The van der Waals surface area contributed by atoms with E-state index in [4.69, 9.17) is 10.8 Å². The third kappa shape index (κ3) is 4.05. The zero-order valence-electron chi connectivity index (χ0n) is 9.84. The van der Waals surface area contributed by atoms with Crippen molar-refractivity contribution in [2.75, 3.05) is 25.0 Å². The second kappa shape index (κ2) is 6.22. The summed E-state index contributed by atoms with van der Waals surface area (Å²) in [4.78, 5) is 12.3. The Morgan fingerprint density at radius 2 is 2.00 bits per heavy atom. The van der Waals surface area contributed by atoms with Crippen LogP contribution < -0.4 is 10.6 Å². The van der Waals surface area contributed by atoms with E-state index < -0.39 is 12.1 Å². The summed E-state index contributed by atoms with van der Waals surface area (Å²) in [5.74, 6) is -0.813. The van der Waals surface area contributed by atoms with Crippen LogP contribution in [0.4, 0.5) is 5.69 Å². The predicted molar refractivity (Wildman–Crippen MR) is 66.0 cm³/mol. The highest BCUT2D eigenvalue weighted by Gasteiger charge is 2.07. The number of aliphatic hydroxyl groups excluding tert-OH is 1. The molecule has 1 aromatic rings. The Morgan fingerprint density at radius 3 is 2.47 bits per heavy atom. The van der Waals surface area contributed by atoms with Gasteiger partial charge >= 0.3 is 5.97 Å². The Bertz CT molecular complexity index is 365. The van der Waals surface area contributed by atoms with Crippen LogP contribution in [-0.4, -0.2) is 36.3 Å². The quantitative estimate of drug-likeness (QED) is 0.675. The number of hydrogen-bond donors (Lipinski definition) is 3. The highest BCUT2D eigenvalue weighted by atomic mass is 16.4. The molecule has 0 saturated carbocycles. The molecule has 0 aromatic heterocycles. The first-order valence-electron chi connectivity index (χ1n) is 5.45. The van der Waals surface area contributed by atoms with Gasteiger partial charge in [-0.25, -0.2) is 0 Å². The SMILES string of the molecule is CN(CCC(=O)O)c1ccc(C(O)CN)cc1. The minimum absolute atomic E-state index is 0.101. The molecule has 0 heterocycles. The number of carbonyl (C=O) groups is 1. The summed E-state index contributed by atoms with van der Waals surface area (Å²) >= 11 is 0. The molecule has 0 saturated heterocycles. The normalized spacial score (nSPS) is 12.2. The number of rotatable bonds is 6. The number of anilines is 1. The smallest absolute Gasteiger partial charge is 0.305 e. The summed E-state index contributed by atoms with van der Waals surface area (Å²) in [5.41, 5.74) is 7.04. The zero-order valence-corrected chi connectivity index (χ0v) is 9.84. The Hall–Kier alpha value is -1.59. The number of carboxylic acid groups (broad SMARTS) is 1. The molecular formula is C12H18N2O3. The van der Waals surface area contributed by atoms with Crippen molar-refractivity contribution >= 4 is 11.7 Å². The number of benzene rings is 1. The standard InChI is InChI=1S/C12H18N2O3/c1-14(7-6-12(16)17)10-4-2-9(3-5-10)11(15)8-13/h2-5,11,15H,6-8,13H2,1H3,(H,16,17). The summed E-state index contributed by atoms with van der Waals surface area (Å²) in [6.07, 6.45) is -0.544. The largest absolute Gasteiger partial charge is 0.481 e. The van der Waals surface area contributed by atoms with Crippen LogP contribution in [0.1, 0.15) is 18.1 Å². The van der Waals surface area contributed by atoms with E-state index in [0.29, 0.717) is 6.54 Å². The Balaban J connectivity index is 2.63. The molecule has 17 heavy (non-hydrogen) atoms. The van der Waals surface area contributed by atoms with Crippen LogP contribution in [0.25, 0.3) is 0 Å². The van der Waals surface area contributed by atoms with Gasteiger partial charge in [-0.1, -0.05) is 12.1 Å². The first-order chi connectivity index (χ1) is 8.04. The first kappa shape index (κ1) is 13.5. The number of carboxylic acids is 1. The fourth-order valence-electron chi connectivity index (χ4n) is 1.48. The van der Waals surface area contributed by atoms with Crippen molar-refractivity contribution in [1.29, 1.82) is 0 Å². The summed E-state index contributed by atoms with van der Waals surface area (Å²) in [6, 6.07) is 7.28. The van der Waals surface area contributed by atoms with E-state index in [1.165, 1.54) is 0 Å². The average Bonchev–Trinajstić information content (AvgIpc) is 2.35. The molecule has 1 atom stereocenters. The van der Waals surface area contributed by atoms with Crippen LogP contribution in [0.15, 0.2) is 24.3 Å². The number of aliphatic carboxylic acids is 1. The minimum Gasteiger partial charge on any atom is -0.481 e. The van der Waals surface area contributed by atoms with E-state index >= 15 is 0 Å². The topological polar surface area (TPSA) is 86.8 Å². The third-order valence-electron chi connectivity index (χ3n) is 2.60. The molecule has 5 nitrogen and oxygen atoms in total. The predicted octanol–water partition coefficient (Wildman–Crippen LogP) is 0.590. The number of hydrogen-bond acceptors (Lipinski definition) is 4. The van der Waals surface area contributed by atoms with Crippen LogP contribution in [0.3, 0.4) is 0 Å². The lowest BCUT2D eigenvalue weighted by Crippen LogP contribution is -2.21. The van der Waals surface area contributed by atoms with E-state index in [-0.39, 0.29) is 13.0 Å². The van der Waals surface area contributed by atoms with Crippen LogP contribution in [0.2, 0.25) is 0 Å². The van der Waals surface area contributed by atoms with Gasteiger partial charge in [-0.05, 0) is 17.7 Å². The van der Waals surface area contributed by atoms with E-state index in [0.717, 1.165) is 11.3 Å². The molecule has 5 heteroatoms. The van der Waals surface area contributed by atoms with E-state index in [2.05, 4.69) is 0 Å². The van der Waals surface area contributed by atoms with Gasteiger partial charge < -0.3 is 20.8 Å². The van der Waals surface area contributed by atoms with Gasteiger partial charge in [0.05, 0.1) is 12.5 Å². The molecule has 0 spiro atoms. The molecule has 0 fully saturated rings. The molecular weight excluding hydrogens is 220 g/mol. The van der Waals surface area contributed by atoms with Crippen LogP contribution in [0.5, 0.6) is 0 Å². The number of aliphatic hydroxyl groups is 1. The second-order valence-corrected chi connectivity index (χ2v) is 3.91. The van der Waals surface area contributed by atoms with Crippen molar-refractivity contribution in [1.82, 2.24) is 0 Å². The number of nitrogens with zero attached hydrogens (tertiary/aromatic N) is 1. The monoisotopic (exact) mass is 238 g/mol. The maximum Gasteiger partial charge on any atom is 0.305 e. The highest BCUT2D eigenvalue weighted by Crippen LogP contribution is 2.18. The van der Waals surface area contributed by atoms with Gasteiger partial charge in [-0.3, -0.25) is 4.79 Å². The molecule has 1 aromatic carbocycles. The van der Waals surface area contributed by atoms with Gasteiger partial charge in [0.25, 0.3) is 0 Å². The lowest BCUT2D eigenvalue weighted by atomic mass is 10.1. The van der Waals surface area contributed by atoms with Crippen molar-refractivity contribution in [3.8, 4) is 0 Å². The highest BCUT2D eigenvalue weighted by molar-refractivity contribution is 5.67. The van der Waals surface area contributed by atoms with Crippen LogP contribution >= 0.6 is 0 Å². The molecule has 0 aliphatic rings. The zero-order chi connectivity index (χ0) is 12.8. The molecule has 0 aliphatic carbocycles. The lowest BCUT2D eigenvalue weighted by Gasteiger charge is -2.19. The van der Waals surface area contributed by atoms with Crippen molar-refractivity contribution < 1.29 is 15.0 Å². The van der Waals surface area contributed by atoms with Crippen molar-refractivity contribution in [3.63, 3.8) is 0 Å². The summed E-state index contributed by atoms with van der Waals surface area (Å²) in [7, 11) is 1.83. The first-order valence-corrected chi connectivity index (χ1v) is 5.45. The molecule has 0 aliphatic heterocycles. The van der Waals surface area contributed by atoms with Gasteiger partial charge in [0.1, 0.15) is 0 Å². The summed E-state index contributed by atoms with van der Waals surface area (Å²) in [6.45, 7) is 0.641. The summed E-state index contributed by atoms with van der Waals surface area (Å²) in [5, 5.41) is 18.1. The minimum atomic E-state index is -0.813. The van der Waals surface area contributed by atoms with Crippen molar-refractivity contribution in [3.05, 3.63) is 29.8 Å². The maximum absolute atomic E-state index is 10.4. The Labute approximate surface area is 100 Å². The maximum atomic E-state index is 10.4. The fourth-order valence-corrected chi connectivity index (χ4v) is 1.48. The van der Waals surface area contributed by atoms with E-state index in [1.807, 2.05) is 24.1 Å². The third-order valence-corrected chi connectivity index (χ3v) is 2.60. The molecule has 1 rings (SSSR count). The summed E-state index contributed by atoms with van der Waals surface area (Å²) < 4.78 is 0. The van der Waals surface area contributed by atoms with E-state index in [9.17, 15) is 9.90 Å². The molecule has 0 amide bonds.